The van der Waals surface area contributed by atoms with E-state index in [1.54, 1.807) is 13.0 Å². The summed E-state index contributed by atoms with van der Waals surface area (Å²) in [7, 11) is 1.32. The molecule has 0 aliphatic heterocycles. The smallest absolute Gasteiger partial charge is 0.346 e. The van der Waals surface area contributed by atoms with Crippen LogP contribution in [0.15, 0.2) is 27.4 Å². The molecule has 5 heteroatoms. The first-order chi connectivity index (χ1) is 10.5. The van der Waals surface area contributed by atoms with Gasteiger partial charge in [0.2, 0.25) is 0 Å². The first-order valence-electron chi connectivity index (χ1n) is 7.28. The van der Waals surface area contributed by atoms with E-state index in [9.17, 15) is 9.59 Å². The molecule has 118 valence electrons. The molecule has 2 aromatic rings. The molecule has 5 nitrogen and oxygen atoms in total. The highest BCUT2D eigenvalue weighted by Gasteiger charge is 2.19. The summed E-state index contributed by atoms with van der Waals surface area (Å²) in [5, 5.41) is 0.739. The lowest BCUT2D eigenvalue weighted by molar-refractivity contribution is -0.147. The predicted molar refractivity (Wildman–Crippen MR) is 83.3 cm³/mol. The van der Waals surface area contributed by atoms with Gasteiger partial charge in [-0.25, -0.2) is 9.59 Å². The molecule has 1 aromatic carbocycles. The number of aryl methyl sites for hydroxylation is 2. The highest BCUT2D eigenvalue weighted by molar-refractivity contribution is 5.88. The maximum absolute atomic E-state index is 11.7. The molecular formula is C17H20O5. The molecule has 0 N–H and O–H groups in total. The van der Waals surface area contributed by atoms with Crippen molar-refractivity contribution in [3.8, 4) is 5.75 Å². The topological polar surface area (TPSA) is 65.7 Å². The van der Waals surface area contributed by atoms with Crippen LogP contribution in [0.4, 0.5) is 0 Å². The molecule has 0 saturated carbocycles. The molecule has 0 fully saturated rings. The summed E-state index contributed by atoms with van der Waals surface area (Å²) in [6, 6.07) is 5.11. The third-order valence-corrected chi connectivity index (χ3v) is 3.39. The molecule has 2 rings (SSSR count). The van der Waals surface area contributed by atoms with Gasteiger partial charge in [-0.3, -0.25) is 0 Å². The Balaban J connectivity index is 2.61. The van der Waals surface area contributed by atoms with E-state index < -0.39 is 12.1 Å². The summed E-state index contributed by atoms with van der Waals surface area (Å²) in [6.45, 7) is 5.53. The molecule has 0 bridgehead atoms. The van der Waals surface area contributed by atoms with Crippen molar-refractivity contribution >= 4 is 16.9 Å². The maximum atomic E-state index is 11.7. The van der Waals surface area contributed by atoms with Gasteiger partial charge in [0.1, 0.15) is 11.3 Å². The zero-order valence-electron chi connectivity index (χ0n) is 13.3. The highest BCUT2D eigenvalue weighted by atomic mass is 16.6. The van der Waals surface area contributed by atoms with Gasteiger partial charge in [-0.05, 0) is 43.5 Å². The molecule has 1 aromatic heterocycles. The van der Waals surface area contributed by atoms with Crippen molar-refractivity contribution in [1.82, 2.24) is 0 Å². The minimum Gasteiger partial charge on any atom is -0.478 e. The zero-order valence-corrected chi connectivity index (χ0v) is 13.3. The third-order valence-electron chi connectivity index (χ3n) is 3.39. The number of hydrogen-bond acceptors (Lipinski definition) is 5. The lowest BCUT2D eigenvalue weighted by Gasteiger charge is -2.16. The summed E-state index contributed by atoms with van der Waals surface area (Å²) in [5.74, 6) is 0.0733. The van der Waals surface area contributed by atoms with Gasteiger partial charge in [-0.1, -0.05) is 13.3 Å². The molecule has 0 saturated heterocycles. The number of methoxy groups -OCH3 is 1. The van der Waals surface area contributed by atoms with Gasteiger partial charge in [0.25, 0.3) is 0 Å². The molecule has 1 atom stereocenters. The van der Waals surface area contributed by atoms with Crippen molar-refractivity contribution in [1.29, 1.82) is 0 Å². The number of carbonyl (C=O) groups excluding carboxylic acids is 1. The van der Waals surface area contributed by atoms with Gasteiger partial charge in [-0.15, -0.1) is 0 Å². The fourth-order valence-corrected chi connectivity index (χ4v) is 2.43. The summed E-state index contributed by atoms with van der Waals surface area (Å²) in [4.78, 5) is 23.3. The molecule has 0 aliphatic rings. The first-order valence-corrected chi connectivity index (χ1v) is 7.28. The number of fused-ring (bicyclic) bond motifs is 1. The molecule has 0 unspecified atom stereocenters. The van der Waals surface area contributed by atoms with Crippen molar-refractivity contribution in [2.75, 3.05) is 7.11 Å². The normalized spacial score (nSPS) is 12.2. The van der Waals surface area contributed by atoms with Crippen LogP contribution in [0.5, 0.6) is 5.75 Å². The Morgan fingerprint density at radius 2 is 2.05 bits per heavy atom. The van der Waals surface area contributed by atoms with Gasteiger partial charge in [0, 0.05) is 6.07 Å². The Hall–Kier alpha value is -2.30. The van der Waals surface area contributed by atoms with Crippen LogP contribution in [-0.2, 0) is 16.0 Å². The number of esters is 1. The second-order valence-corrected chi connectivity index (χ2v) is 5.26. The van der Waals surface area contributed by atoms with Crippen LogP contribution < -0.4 is 10.4 Å². The van der Waals surface area contributed by atoms with E-state index in [-0.39, 0.29) is 5.63 Å². The van der Waals surface area contributed by atoms with E-state index in [1.165, 1.54) is 13.2 Å². The van der Waals surface area contributed by atoms with E-state index >= 15 is 0 Å². The summed E-state index contributed by atoms with van der Waals surface area (Å²) >= 11 is 0. The molecule has 1 heterocycles. The number of carbonyl (C=O) groups is 1. The summed E-state index contributed by atoms with van der Waals surface area (Å²) < 4.78 is 15.7. The van der Waals surface area contributed by atoms with E-state index in [0.717, 1.165) is 29.4 Å². The molecule has 0 amide bonds. The van der Waals surface area contributed by atoms with E-state index in [1.807, 2.05) is 19.9 Å². The first kappa shape index (κ1) is 16.1. The van der Waals surface area contributed by atoms with Crippen molar-refractivity contribution in [2.45, 2.75) is 39.7 Å². The van der Waals surface area contributed by atoms with Gasteiger partial charge in [-0.2, -0.15) is 0 Å². The SMILES string of the molecule is CCCc1cc(=O)oc2cc(C)cc(O[C@H](C)C(=O)OC)c12. The fraction of sp³-hybridized carbons (Fsp3) is 0.412. The van der Waals surface area contributed by atoms with Gasteiger partial charge < -0.3 is 13.9 Å². The van der Waals surface area contributed by atoms with Crippen molar-refractivity contribution in [3.63, 3.8) is 0 Å². The second kappa shape index (κ2) is 6.64. The third kappa shape index (κ3) is 3.30. The van der Waals surface area contributed by atoms with Gasteiger partial charge in [0.15, 0.2) is 6.10 Å². The Labute approximate surface area is 128 Å². The fourth-order valence-electron chi connectivity index (χ4n) is 2.43. The van der Waals surface area contributed by atoms with E-state index in [0.29, 0.717) is 11.3 Å². The average Bonchev–Trinajstić information content (AvgIpc) is 2.45. The van der Waals surface area contributed by atoms with Crippen molar-refractivity contribution in [2.24, 2.45) is 0 Å². The monoisotopic (exact) mass is 304 g/mol. The molecular weight excluding hydrogens is 284 g/mol. The van der Waals surface area contributed by atoms with E-state index in [4.69, 9.17) is 9.15 Å². The average molecular weight is 304 g/mol. The Morgan fingerprint density at radius 3 is 2.68 bits per heavy atom. The minimum atomic E-state index is -0.739. The number of hydrogen-bond donors (Lipinski definition) is 0. The number of benzene rings is 1. The lowest BCUT2D eigenvalue weighted by atomic mass is 10.0. The standard InChI is InChI=1S/C17H20O5/c1-5-6-12-9-15(18)22-14-8-10(2)7-13(16(12)14)21-11(3)17(19)20-4/h7-9,11H,5-6H2,1-4H3/t11-/m1/s1. The van der Waals surface area contributed by atoms with Crippen molar-refractivity contribution < 1.29 is 18.7 Å². The maximum Gasteiger partial charge on any atom is 0.346 e. The largest absolute Gasteiger partial charge is 0.478 e. The highest BCUT2D eigenvalue weighted by Crippen LogP contribution is 2.31. The van der Waals surface area contributed by atoms with Crippen LogP contribution in [0.2, 0.25) is 0 Å². The lowest BCUT2D eigenvalue weighted by Crippen LogP contribution is -2.25. The van der Waals surface area contributed by atoms with Crippen LogP contribution in [0.1, 0.15) is 31.4 Å². The predicted octanol–water partition coefficient (Wildman–Crippen LogP) is 2.99. The Morgan fingerprint density at radius 1 is 1.32 bits per heavy atom. The van der Waals surface area contributed by atoms with Gasteiger partial charge in [0.05, 0.1) is 12.5 Å². The van der Waals surface area contributed by atoms with Crippen LogP contribution in [-0.4, -0.2) is 19.2 Å². The van der Waals surface area contributed by atoms with Gasteiger partial charge >= 0.3 is 11.6 Å². The second-order valence-electron chi connectivity index (χ2n) is 5.26. The zero-order chi connectivity index (χ0) is 16.3. The summed E-state index contributed by atoms with van der Waals surface area (Å²) in [5.41, 5.74) is 1.84. The van der Waals surface area contributed by atoms with Crippen LogP contribution in [0.25, 0.3) is 11.0 Å². The number of ether oxygens (including phenoxy) is 2. The minimum absolute atomic E-state index is 0.381. The van der Waals surface area contributed by atoms with Crippen LogP contribution >= 0.6 is 0 Å². The van der Waals surface area contributed by atoms with Crippen LogP contribution in [0.3, 0.4) is 0 Å². The molecule has 22 heavy (non-hydrogen) atoms. The van der Waals surface area contributed by atoms with Crippen molar-refractivity contribution in [3.05, 3.63) is 39.7 Å². The quantitative estimate of drug-likeness (QED) is 0.627. The molecule has 0 radical (unpaired) electrons. The molecule has 0 aliphatic carbocycles. The van der Waals surface area contributed by atoms with E-state index in [2.05, 4.69) is 4.74 Å². The summed E-state index contributed by atoms with van der Waals surface area (Å²) in [6.07, 6.45) is 0.878. The Bertz CT molecular complexity index is 745. The van der Waals surface area contributed by atoms with Crippen LogP contribution in [0, 0.1) is 6.92 Å². The number of rotatable bonds is 5. The Kier molecular flexibility index (Phi) is 4.85. The molecule has 0 spiro atoms.